The fourth-order valence-electron chi connectivity index (χ4n) is 2.72. The lowest BCUT2D eigenvalue weighted by atomic mass is 9.81. The lowest BCUT2D eigenvalue weighted by Gasteiger charge is -2.43. The number of hydrogen-bond acceptors (Lipinski definition) is 4. The molecule has 1 heterocycles. The summed E-state index contributed by atoms with van der Waals surface area (Å²) in [7, 11) is -1.74. The lowest BCUT2D eigenvalue weighted by Crippen LogP contribution is -2.46. The zero-order chi connectivity index (χ0) is 16.6. The van der Waals surface area contributed by atoms with Crippen LogP contribution in [0.5, 0.6) is 0 Å². The molecule has 1 aromatic rings. The molecule has 3 N–H and O–H groups in total. The SMILES string of the molecule is CC(C)(C)[Si](C)(C)O[C@H]1CC[C@](O)(c2ccc(N)cn2)CC1. The molecule has 0 bridgehead atoms. The summed E-state index contributed by atoms with van der Waals surface area (Å²) in [4.78, 5) is 4.31. The fourth-order valence-corrected chi connectivity index (χ4v) is 4.14. The van der Waals surface area contributed by atoms with Crippen LogP contribution in [-0.2, 0) is 10.0 Å². The van der Waals surface area contributed by atoms with E-state index >= 15 is 0 Å². The van der Waals surface area contributed by atoms with Crippen LogP contribution in [0, 0.1) is 0 Å². The number of aromatic nitrogens is 1. The molecule has 0 unspecified atom stereocenters. The number of aliphatic hydroxyl groups is 1. The first kappa shape index (κ1) is 17.4. The van der Waals surface area contributed by atoms with E-state index in [2.05, 4.69) is 38.8 Å². The van der Waals surface area contributed by atoms with Gasteiger partial charge in [0, 0.05) is 6.10 Å². The number of pyridine rings is 1. The third kappa shape index (κ3) is 3.70. The molecule has 5 heteroatoms. The predicted molar refractivity (Wildman–Crippen MR) is 93.1 cm³/mol. The van der Waals surface area contributed by atoms with Gasteiger partial charge < -0.3 is 15.3 Å². The molecule has 1 fully saturated rings. The van der Waals surface area contributed by atoms with Crippen LogP contribution in [0.3, 0.4) is 0 Å². The van der Waals surface area contributed by atoms with Crippen LogP contribution >= 0.6 is 0 Å². The van der Waals surface area contributed by atoms with Crippen LogP contribution in [0.15, 0.2) is 18.3 Å². The van der Waals surface area contributed by atoms with E-state index in [0.717, 1.165) is 18.5 Å². The van der Waals surface area contributed by atoms with Crippen molar-refractivity contribution < 1.29 is 9.53 Å². The minimum absolute atomic E-state index is 0.221. The maximum absolute atomic E-state index is 10.9. The topological polar surface area (TPSA) is 68.4 Å². The Morgan fingerprint density at radius 3 is 2.32 bits per heavy atom. The Hall–Kier alpha value is -0.913. The summed E-state index contributed by atoms with van der Waals surface area (Å²) in [6.07, 6.45) is 5.04. The average Bonchev–Trinajstić information content (AvgIpc) is 2.41. The highest BCUT2D eigenvalue weighted by Gasteiger charge is 2.42. The molecule has 1 aliphatic carbocycles. The molecule has 22 heavy (non-hydrogen) atoms. The first-order valence-corrected chi connectivity index (χ1v) is 11.1. The highest BCUT2D eigenvalue weighted by Crippen LogP contribution is 2.42. The Kier molecular flexibility index (Phi) is 4.71. The monoisotopic (exact) mass is 322 g/mol. The molecular formula is C17H30N2O2Si. The van der Waals surface area contributed by atoms with Gasteiger partial charge in [-0.2, -0.15) is 0 Å². The van der Waals surface area contributed by atoms with Crippen molar-refractivity contribution in [1.29, 1.82) is 0 Å². The molecule has 0 aliphatic heterocycles. The summed E-state index contributed by atoms with van der Waals surface area (Å²) < 4.78 is 6.48. The third-order valence-corrected chi connectivity index (χ3v) is 9.83. The van der Waals surface area contributed by atoms with Gasteiger partial charge in [-0.3, -0.25) is 4.98 Å². The van der Waals surface area contributed by atoms with Gasteiger partial charge in [-0.1, -0.05) is 20.8 Å². The Morgan fingerprint density at radius 1 is 1.27 bits per heavy atom. The van der Waals surface area contributed by atoms with E-state index in [9.17, 15) is 5.11 Å². The van der Waals surface area contributed by atoms with Gasteiger partial charge >= 0.3 is 0 Å². The van der Waals surface area contributed by atoms with Crippen molar-refractivity contribution in [3.63, 3.8) is 0 Å². The van der Waals surface area contributed by atoms with E-state index in [0.29, 0.717) is 18.5 Å². The second-order valence-electron chi connectivity index (χ2n) is 8.09. The summed E-state index contributed by atoms with van der Waals surface area (Å²) in [6.45, 7) is 11.4. The van der Waals surface area contributed by atoms with E-state index in [1.165, 1.54) is 0 Å². The second-order valence-corrected chi connectivity index (χ2v) is 12.8. The first-order valence-electron chi connectivity index (χ1n) is 8.16. The number of rotatable bonds is 3. The maximum Gasteiger partial charge on any atom is 0.192 e. The third-order valence-electron chi connectivity index (χ3n) is 5.29. The highest BCUT2D eigenvalue weighted by atomic mass is 28.4. The first-order chi connectivity index (χ1) is 10.0. The number of nitrogen functional groups attached to an aromatic ring is 1. The van der Waals surface area contributed by atoms with Crippen molar-refractivity contribution >= 4 is 14.0 Å². The lowest BCUT2D eigenvalue weighted by molar-refractivity contribution is -0.0361. The Labute approximate surface area is 135 Å². The Balaban J connectivity index is 1.99. The average molecular weight is 323 g/mol. The fraction of sp³-hybridized carbons (Fsp3) is 0.706. The van der Waals surface area contributed by atoms with Crippen molar-refractivity contribution in [1.82, 2.24) is 4.98 Å². The summed E-state index contributed by atoms with van der Waals surface area (Å²) in [5.41, 5.74) is 6.20. The molecular weight excluding hydrogens is 292 g/mol. The highest BCUT2D eigenvalue weighted by molar-refractivity contribution is 6.74. The van der Waals surface area contributed by atoms with Crippen LogP contribution in [-0.4, -0.2) is 24.5 Å². The van der Waals surface area contributed by atoms with E-state index in [1.54, 1.807) is 12.3 Å². The van der Waals surface area contributed by atoms with E-state index in [1.807, 2.05) is 6.07 Å². The van der Waals surface area contributed by atoms with Crippen LogP contribution in [0.4, 0.5) is 5.69 Å². The van der Waals surface area contributed by atoms with Crippen molar-refractivity contribution in [3.8, 4) is 0 Å². The van der Waals surface area contributed by atoms with Gasteiger partial charge in [0.1, 0.15) is 5.60 Å². The van der Waals surface area contributed by atoms with Gasteiger partial charge in [0.2, 0.25) is 0 Å². The standard InChI is InChI=1S/C17H30N2O2Si/c1-16(2,3)22(4,5)21-14-8-10-17(20,11-9-14)15-7-6-13(18)12-19-15/h6-7,12,14,20H,8-11,18H2,1-5H3/t14-,17+. The number of anilines is 1. The summed E-state index contributed by atoms with van der Waals surface area (Å²) >= 11 is 0. The number of hydrogen-bond donors (Lipinski definition) is 2. The van der Waals surface area contributed by atoms with Crippen LogP contribution in [0.1, 0.15) is 52.1 Å². The zero-order valence-electron chi connectivity index (χ0n) is 14.5. The normalized spacial score (nSPS) is 26.9. The summed E-state index contributed by atoms with van der Waals surface area (Å²) in [5.74, 6) is 0. The molecule has 1 aliphatic rings. The molecule has 0 radical (unpaired) electrons. The number of nitrogens with zero attached hydrogens (tertiary/aromatic N) is 1. The molecule has 124 valence electrons. The minimum atomic E-state index is -1.74. The van der Waals surface area contributed by atoms with Crippen LogP contribution in [0.2, 0.25) is 18.1 Å². The molecule has 0 saturated heterocycles. The Bertz CT molecular complexity index is 500. The van der Waals surface area contributed by atoms with E-state index in [-0.39, 0.29) is 11.1 Å². The predicted octanol–water partition coefficient (Wildman–Crippen LogP) is 3.82. The van der Waals surface area contributed by atoms with Gasteiger partial charge in [-0.15, -0.1) is 0 Å². The molecule has 0 aromatic carbocycles. The van der Waals surface area contributed by atoms with E-state index < -0.39 is 13.9 Å². The van der Waals surface area contributed by atoms with Crippen LogP contribution < -0.4 is 5.73 Å². The minimum Gasteiger partial charge on any atom is -0.414 e. The van der Waals surface area contributed by atoms with Crippen molar-refractivity contribution in [2.75, 3.05) is 5.73 Å². The number of nitrogens with two attached hydrogens (primary N) is 1. The molecule has 2 rings (SSSR count). The molecule has 4 nitrogen and oxygen atoms in total. The summed E-state index contributed by atoms with van der Waals surface area (Å²) in [6, 6.07) is 3.64. The molecule has 0 atom stereocenters. The van der Waals surface area contributed by atoms with Gasteiger partial charge in [-0.05, 0) is 55.9 Å². The zero-order valence-corrected chi connectivity index (χ0v) is 15.5. The van der Waals surface area contributed by atoms with Crippen molar-refractivity contribution in [2.45, 2.75) is 76.3 Å². The van der Waals surface area contributed by atoms with Crippen molar-refractivity contribution in [3.05, 3.63) is 24.0 Å². The van der Waals surface area contributed by atoms with Gasteiger partial charge in [0.15, 0.2) is 8.32 Å². The van der Waals surface area contributed by atoms with Crippen molar-refractivity contribution in [2.24, 2.45) is 0 Å². The van der Waals surface area contributed by atoms with E-state index in [4.69, 9.17) is 10.2 Å². The summed E-state index contributed by atoms with van der Waals surface area (Å²) in [5, 5.41) is 11.1. The molecule has 1 aromatic heterocycles. The largest absolute Gasteiger partial charge is 0.414 e. The van der Waals surface area contributed by atoms with Gasteiger partial charge in [0.05, 0.1) is 17.6 Å². The smallest absolute Gasteiger partial charge is 0.192 e. The van der Waals surface area contributed by atoms with Crippen LogP contribution in [0.25, 0.3) is 0 Å². The Morgan fingerprint density at radius 2 is 1.86 bits per heavy atom. The van der Waals surface area contributed by atoms with Gasteiger partial charge in [-0.25, -0.2) is 0 Å². The molecule has 0 amide bonds. The molecule has 0 spiro atoms. The second kappa shape index (κ2) is 5.94. The molecule has 1 saturated carbocycles. The quantitative estimate of drug-likeness (QED) is 0.830. The van der Waals surface area contributed by atoms with Gasteiger partial charge in [0.25, 0.3) is 0 Å². The maximum atomic E-state index is 10.9.